The normalized spacial score (nSPS) is 24.9. The third-order valence-corrected chi connectivity index (χ3v) is 7.32. The van der Waals surface area contributed by atoms with Gasteiger partial charge < -0.3 is 18.9 Å². The Labute approximate surface area is 202 Å². The minimum absolute atomic E-state index is 0.0911. The number of halogens is 1. The highest BCUT2D eigenvalue weighted by Gasteiger charge is 2.48. The highest BCUT2D eigenvalue weighted by Crippen LogP contribution is 2.41. The number of fused-ring (bicyclic) bond motifs is 2. The Hall–Kier alpha value is -2.59. The summed E-state index contributed by atoms with van der Waals surface area (Å²) in [6.07, 6.45) is 5.84. The summed E-state index contributed by atoms with van der Waals surface area (Å²) in [5.41, 5.74) is 0.268. The molecule has 8 nitrogen and oxygen atoms in total. The van der Waals surface area contributed by atoms with Crippen molar-refractivity contribution < 1.29 is 28.1 Å². The van der Waals surface area contributed by atoms with Gasteiger partial charge in [-0.1, -0.05) is 0 Å². The average molecular weight is 490 g/mol. The van der Waals surface area contributed by atoms with Crippen LogP contribution in [0.2, 0.25) is 0 Å². The Balaban J connectivity index is 1.27. The second-order valence-corrected chi connectivity index (χ2v) is 10.2. The molecule has 3 fully saturated rings. The molecule has 182 valence electrons. The van der Waals surface area contributed by atoms with E-state index in [1.807, 2.05) is 18.1 Å². The first kappa shape index (κ1) is 23.2. The number of carbonyl (C=O) groups excluding carboxylic acids is 1. The summed E-state index contributed by atoms with van der Waals surface area (Å²) in [5, 5.41) is 0. The van der Waals surface area contributed by atoms with Gasteiger partial charge in [-0.2, -0.15) is 0 Å². The maximum atomic E-state index is 14.4. The number of thioether (sulfide) groups is 1. The number of aromatic nitrogens is 2. The first-order chi connectivity index (χ1) is 16.3. The second-order valence-electron chi connectivity index (χ2n) is 9.29. The number of benzene rings is 1. The van der Waals surface area contributed by atoms with Crippen molar-refractivity contribution in [2.45, 2.75) is 68.2 Å². The second kappa shape index (κ2) is 9.22. The predicted octanol–water partition coefficient (Wildman–Crippen LogP) is 4.74. The smallest absolute Gasteiger partial charge is 0.410 e. The van der Waals surface area contributed by atoms with Crippen LogP contribution in [-0.4, -0.2) is 64.2 Å². The van der Waals surface area contributed by atoms with Crippen LogP contribution in [0.4, 0.5) is 9.18 Å². The van der Waals surface area contributed by atoms with E-state index >= 15 is 0 Å². The van der Waals surface area contributed by atoms with Gasteiger partial charge >= 0.3 is 6.09 Å². The topological polar surface area (TPSA) is 83.0 Å². The first-order valence-electron chi connectivity index (χ1n) is 11.4. The lowest BCUT2D eigenvalue weighted by molar-refractivity contribution is -0.0956. The number of nitrogens with zero attached hydrogens (tertiary/aromatic N) is 3. The molecule has 5 rings (SSSR count). The number of piperidine rings is 1. The van der Waals surface area contributed by atoms with E-state index in [0.29, 0.717) is 37.5 Å². The molecule has 2 unspecified atom stereocenters. The van der Waals surface area contributed by atoms with Gasteiger partial charge in [0.1, 0.15) is 18.0 Å². The number of amides is 1. The largest absolute Gasteiger partial charge is 0.474 e. The summed E-state index contributed by atoms with van der Waals surface area (Å²) < 4.78 is 37.8. The molecule has 2 atom stereocenters. The van der Waals surface area contributed by atoms with Gasteiger partial charge in [0, 0.05) is 17.7 Å². The Kier molecular flexibility index (Phi) is 6.28. The van der Waals surface area contributed by atoms with Gasteiger partial charge in [0.2, 0.25) is 11.8 Å². The molecule has 34 heavy (non-hydrogen) atoms. The van der Waals surface area contributed by atoms with E-state index in [0.717, 1.165) is 17.7 Å². The molecule has 3 aliphatic rings. The highest BCUT2D eigenvalue weighted by atomic mass is 32.2. The summed E-state index contributed by atoms with van der Waals surface area (Å²) in [6.45, 7) is 4.65. The fourth-order valence-electron chi connectivity index (χ4n) is 4.40. The van der Waals surface area contributed by atoms with Gasteiger partial charge in [-0.05, 0) is 51.1 Å². The van der Waals surface area contributed by atoms with E-state index in [4.69, 9.17) is 18.9 Å². The fourth-order valence-corrected chi connectivity index (χ4v) is 4.82. The zero-order valence-corrected chi connectivity index (χ0v) is 20.3. The lowest BCUT2D eigenvalue weighted by Crippen LogP contribution is -2.61. The number of morpholine rings is 1. The van der Waals surface area contributed by atoms with Crippen molar-refractivity contribution in [1.82, 2.24) is 14.9 Å². The molecule has 1 aromatic heterocycles. The van der Waals surface area contributed by atoms with Crippen LogP contribution in [0.1, 0.15) is 38.2 Å². The molecular weight excluding hydrogens is 461 g/mol. The first-order valence-corrected chi connectivity index (χ1v) is 12.7. The Bertz CT molecular complexity index is 1070. The molecule has 1 aliphatic carbocycles. The van der Waals surface area contributed by atoms with Gasteiger partial charge in [0.05, 0.1) is 30.9 Å². The van der Waals surface area contributed by atoms with Gasteiger partial charge in [-0.3, -0.25) is 4.90 Å². The van der Waals surface area contributed by atoms with Crippen molar-refractivity contribution in [3.8, 4) is 17.5 Å². The van der Waals surface area contributed by atoms with Crippen LogP contribution in [0.5, 0.6) is 17.5 Å². The SMILES string of the molecule is CSc1ccc(Oc2ncnc(OC3CC4COCC(C3)N4C(=O)OC3(C)CC3)c2C)c(F)c1. The molecule has 2 aliphatic heterocycles. The molecule has 1 saturated carbocycles. The van der Waals surface area contributed by atoms with Crippen LogP contribution in [0.25, 0.3) is 0 Å². The minimum Gasteiger partial charge on any atom is -0.474 e. The standard InChI is InChI=1S/C24H28FN3O5S/c1-14-21(26-13-27-22(14)32-20-5-4-18(34-3)10-19(20)25)31-17-8-15-11-30-12-16(9-17)28(15)23(29)33-24(2)6-7-24/h4-5,10,13,15-17H,6-9,11-12H2,1-3H3. The zero-order valence-electron chi connectivity index (χ0n) is 19.5. The van der Waals surface area contributed by atoms with Crippen LogP contribution >= 0.6 is 11.8 Å². The average Bonchev–Trinajstić information content (AvgIpc) is 3.53. The molecule has 0 spiro atoms. The van der Waals surface area contributed by atoms with Crippen molar-refractivity contribution in [3.05, 3.63) is 35.9 Å². The molecule has 0 N–H and O–H groups in total. The zero-order chi connectivity index (χ0) is 23.9. The maximum absolute atomic E-state index is 14.4. The van der Waals surface area contributed by atoms with Crippen molar-refractivity contribution in [1.29, 1.82) is 0 Å². The van der Waals surface area contributed by atoms with E-state index in [2.05, 4.69) is 9.97 Å². The molecule has 0 radical (unpaired) electrons. The molecule has 1 amide bonds. The summed E-state index contributed by atoms with van der Waals surface area (Å²) in [5.74, 6) is 0.257. The van der Waals surface area contributed by atoms with E-state index in [1.165, 1.54) is 24.2 Å². The Morgan fingerprint density at radius 2 is 1.91 bits per heavy atom. The minimum atomic E-state index is -0.459. The molecular formula is C24H28FN3O5S. The summed E-state index contributed by atoms with van der Waals surface area (Å²) >= 11 is 1.45. The van der Waals surface area contributed by atoms with Crippen molar-refractivity contribution in [3.63, 3.8) is 0 Å². The molecule has 10 heteroatoms. The van der Waals surface area contributed by atoms with Crippen LogP contribution in [0.3, 0.4) is 0 Å². The lowest BCUT2D eigenvalue weighted by Gasteiger charge is -2.47. The van der Waals surface area contributed by atoms with Crippen LogP contribution in [0, 0.1) is 12.7 Å². The van der Waals surface area contributed by atoms with E-state index in [9.17, 15) is 9.18 Å². The molecule has 2 aromatic rings. The maximum Gasteiger partial charge on any atom is 0.410 e. The number of carbonyl (C=O) groups is 1. The van der Waals surface area contributed by atoms with Crippen LogP contribution < -0.4 is 9.47 Å². The Morgan fingerprint density at radius 3 is 2.56 bits per heavy atom. The molecule has 3 heterocycles. The molecule has 2 saturated heterocycles. The van der Waals surface area contributed by atoms with Crippen LogP contribution in [-0.2, 0) is 9.47 Å². The molecule has 2 bridgehead atoms. The van der Waals surface area contributed by atoms with Crippen molar-refractivity contribution >= 4 is 17.9 Å². The van der Waals surface area contributed by atoms with Gasteiger partial charge in [-0.25, -0.2) is 19.2 Å². The third-order valence-electron chi connectivity index (χ3n) is 6.59. The monoisotopic (exact) mass is 489 g/mol. The summed E-state index contributed by atoms with van der Waals surface area (Å²) in [4.78, 5) is 23.9. The predicted molar refractivity (Wildman–Crippen MR) is 123 cm³/mol. The van der Waals surface area contributed by atoms with E-state index < -0.39 is 5.82 Å². The summed E-state index contributed by atoms with van der Waals surface area (Å²) in [7, 11) is 0. The number of hydrogen-bond donors (Lipinski definition) is 0. The quantitative estimate of drug-likeness (QED) is 0.538. The number of hydrogen-bond acceptors (Lipinski definition) is 8. The van der Waals surface area contributed by atoms with E-state index in [-0.39, 0.29) is 41.5 Å². The third kappa shape index (κ3) is 4.79. The number of ether oxygens (including phenoxy) is 4. The number of rotatable bonds is 6. The fraction of sp³-hybridized carbons (Fsp3) is 0.542. The van der Waals surface area contributed by atoms with Crippen LogP contribution in [0.15, 0.2) is 29.4 Å². The van der Waals surface area contributed by atoms with Crippen molar-refractivity contribution in [2.75, 3.05) is 19.5 Å². The van der Waals surface area contributed by atoms with Crippen molar-refractivity contribution in [2.24, 2.45) is 0 Å². The summed E-state index contributed by atoms with van der Waals surface area (Å²) in [6, 6.07) is 4.57. The Morgan fingerprint density at radius 1 is 1.21 bits per heavy atom. The van der Waals surface area contributed by atoms with E-state index in [1.54, 1.807) is 19.1 Å². The lowest BCUT2D eigenvalue weighted by atomic mass is 9.92. The van der Waals surface area contributed by atoms with Gasteiger partial charge in [0.15, 0.2) is 11.6 Å². The highest BCUT2D eigenvalue weighted by molar-refractivity contribution is 7.98. The van der Waals surface area contributed by atoms with Gasteiger partial charge in [-0.15, -0.1) is 11.8 Å². The molecule has 1 aromatic carbocycles. The van der Waals surface area contributed by atoms with Gasteiger partial charge in [0.25, 0.3) is 0 Å².